The number of carbonyl (C=O) groups is 1. The van der Waals surface area contributed by atoms with Crippen molar-refractivity contribution in [3.63, 3.8) is 0 Å². The largest absolute Gasteiger partial charge is 0.534 e. The van der Waals surface area contributed by atoms with Crippen LogP contribution in [0.25, 0.3) is 0 Å². The van der Waals surface area contributed by atoms with Gasteiger partial charge in [0.2, 0.25) is 0 Å². The summed E-state index contributed by atoms with van der Waals surface area (Å²) in [5, 5.41) is 0. The molecule has 0 saturated carbocycles. The maximum atomic E-state index is 12.0. The van der Waals surface area contributed by atoms with Crippen molar-refractivity contribution < 1.29 is 35.3 Å². The van der Waals surface area contributed by atoms with Gasteiger partial charge in [0.15, 0.2) is 0 Å². The third-order valence-electron chi connectivity index (χ3n) is 2.07. The molecule has 1 rings (SSSR count). The van der Waals surface area contributed by atoms with E-state index in [9.17, 15) is 26.4 Å². The Kier molecular flexibility index (Phi) is 5.36. The number of hydrogen-bond donors (Lipinski definition) is 0. The normalized spacial score (nSPS) is 12.9. The number of hydrogen-bond acceptors (Lipinski definition) is 5. The monoisotopic (exact) mass is 324 g/mol. The smallest absolute Gasteiger partial charge is 0.458 e. The lowest BCUT2D eigenvalue weighted by Gasteiger charge is -2.09. The molecule has 0 N–H and O–H groups in total. The summed E-state index contributed by atoms with van der Waals surface area (Å²) in [5.74, 6) is -1.76. The van der Waals surface area contributed by atoms with Gasteiger partial charge in [0.1, 0.15) is 12.4 Å². The maximum Gasteiger partial charge on any atom is 0.534 e. The van der Waals surface area contributed by atoms with Crippen LogP contribution in [0.1, 0.15) is 12.5 Å². The van der Waals surface area contributed by atoms with Crippen LogP contribution in [0.3, 0.4) is 0 Å². The summed E-state index contributed by atoms with van der Waals surface area (Å²) in [6.45, 7) is 0.794. The molecule has 0 spiro atoms. The highest BCUT2D eigenvalue weighted by Crippen LogP contribution is 2.26. The molecule has 0 atom stereocenters. The van der Waals surface area contributed by atoms with Gasteiger partial charge in [0.25, 0.3) is 0 Å². The maximum absolute atomic E-state index is 12.0. The van der Waals surface area contributed by atoms with Gasteiger partial charge in [-0.3, -0.25) is 0 Å². The molecular formula is C12H11F3O5S. The van der Waals surface area contributed by atoms with E-state index in [2.05, 4.69) is 4.18 Å². The molecule has 0 aliphatic carbocycles. The molecule has 21 heavy (non-hydrogen) atoms. The number of alkyl halides is 3. The van der Waals surface area contributed by atoms with Gasteiger partial charge in [-0.05, 0) is 12.5 Å². The molecule has 0 heterocycles. The Hall–Kier alpha value is -2.03. The van der Waals surface area contributed by atoms with Crippen LogP contribution >= 0.6 is 0 Å². The number of halogens is 3. The molecule has 0 fully saturated rings. The van der Waals surface area contributed by atoms with Gasteiger partial charge in [-0.2, -0.15) is 21.6 Å². The molecule has 1 aromatic rings. The third kappa shape index (κ3) is 5.46. The van der Waals surface area contributed by atoms with Gasteiger partial charge < -0.3 is 8.92 Å². The average molecular weight is 324 g/mol. The van der Waals surface area contributed by atoms with E-state index in [-0.39, 0.29) is 6.61 Å². The highest BCUT2D eigenvalue weighted by molar-refractivity contribution is 7.87. The van der Waals surface area contributed by atoms with E-state index in [0.29, 0.717) is 11.6 Å². The van der Waals surface area contributed by atoms with Crippen LogP contribution in [0.15, 0.2) is 42.2 Å². The Morgan fingerprint density at radius 1 is 1.24 bits per heavy atom. The predicted molar refractivity (Wildman–Crippen MR) is 66.1 cm³/mol. The fourth-order valence-corrected chi connectivity index (χ4v) is 1.67. The summed E-state index contributed by atoms with van der Waals surface area (Å²) in [6.07, 6.45) is 0.520. The number of ether oxygens (including phenoxy) is 1. The minimum absolute atomic E-state index is 0.102. The van der Waals surface area contributed by atoms with Crippen LogP contribution in [0.2, 0.25) is 0 Å². The highest BCUT2D eigenvalue weighted by Gasteiger charge is 2.48. The molecule has 0 aliphatic rings. The zero-order valence-electron chi connectivity index (χ0n) is 10.8. The standard InChI is InChI=1S/C12H11F3O5S/c1-9(20-21(17,18)12(13,14)15)7-11(16)19-8-10-5-3-2-4-6-10/h2-7H,8H2,1H3/b9-7+. The van der Waals surface area contributed by atoms with Gasteiger partial charge >= 0.3 is 21.6 Å². The second-order valence-electron chi connectivity index (χ2n) is 3.83. The van der Waals surface area contributed by atoms with Crippen LogP contribution in [-0.4, -0.2) is 19.9 Å². The van der Waals surface area contributed by atoms with E-state index in [4.69, 9.17) is 4.74 Å². The van der Waals surface area contributed by atoms with Crippen molar-refractivity contribution in [1.82, 2.24) is 0 Å². The van der Waals surface area contributed by atoms with E-state index < -0.39 is 27.4 Å². The highest BCUT2D eigenvalue weighted by atomic mass is 32.2. The van der Waals surface area contributed by atoms with Crippen molar-refractivity contribution >= 4 is 16.1 Å². The van der Waals surface area contributed by atoms with Gasteiger partial charge in [0, 0.05) is 0 Å². The minimum atomic E-state index is -5.79. The van der Waals surface area contributed by atoms with E-state index >= 15 is 0 Å². The molecule has 116 valence electrons. The Labute approximate surface area is 119 Å². The summed E-state index contributed by atoms with van der Waals surface area (Å²) < 4.78 is 66.0. The zero-order valence-corrected chi connectivity index (χ0v) is 11.6. The van der Waals surface area contributed by atoms with Gasteiger partial charge in [-0.1, -0.05) is 30.3 Å². The van der Waals surface area contributed by atoms with Crippen LogP contribution < -0.4 is 0 Å². The molecule has 0 aromatic heterocycles. The number of allylic oxidation sites excluding steroid dienone is 1. The lowest BCUT2D eigenvalue weighted by atomic mass is 10.2. The van der Waals surface area contributed by atoms with Crippen LogP contribution in [0.5, 0.6) is 0 Å². The first-order valence-corrected chi connectivity index (χ1v) is 6.92. The Balaban J connectivity index is 2.60. The second-order valence-corrected chi connectivity index (χ2v) is 5.37. The fourth-order valence-electron chi connectivity index (χ4n) is 1.18. The van der Waals surface area contributed by atoms with Crippen molar-refractivity contribution in [1.29, 1.82) is 0 Å². The summed E-state index contributed by atoms with van der Waals surface area (Å²) >= 11 is 0. The lowest BCUT2D eigenvalue weighted by Crippen LogP contribution is -2.25. The van der Waals surface area contributed by atoms with E-state index in [0.717, 1.165) is 6.92 Å². The lowest BCUT2D eigenvalue weighted by molar-refractivity contribution is -0.139. The van der Waals surface area contributed by atoms with Crippen LogP contribution in [0.4, 0.5) is 13.2 Å². The minimum Gasteiger partial charge on any atom is -0.458 e. The summed E-state index contributed by atoms with van der Waals surface area (Å²) in [5.41, 5.74) is -4.89. The van der Waals surface area contributed by atoms with Crippen LogP contribution in [-0.2, 0) is 30.4 Å². The molecule has 5 nitrogen and oxygen atoms in total. The molecule has 9 heteroatoms. The van der Waals surface area contributed by atoms with Crippen molar-refractivity contribution in [3.05, 3.63) is 47.7 Å². The average Bonchev–Trinajstić information content (AvgIpc) is 2.35. The topological polar surface area (TPSA) is 69.7 Å². The molecule has 0 bridgehead atoms. The molecular weight excluding hydrogens is 313 g/mol. The first-order chi connectivity index (χ1) is 9.62. The number of esters is 1. The molecule has 0 amide bonds. The van der Waals surface area contributed by atoms with E-state index in [1.807, 2.05) is 0 Å². The summed E-state index contributed by atoms with van der Waals surface area (Å²) in [4.78, 5) is 11.3. The quantitative estimate of drug-likeness (QED) is 0.274. The first-order valence-electron chi connectivity index (χ1n) is 5.51. The predicted octanol–water partition coefficient (Wildman–Crippen LogP) is 2.50. The number of rotatable bonds is 5. The summed E-state index contributed by atoms with van der Waals surface area (Å²) in [6, 6.07) is 8.53. The Bertz CT molecular complexity index is 620. The second kappa shape index (κ2) is 6.61. The van der Waals surface area contributed by atoms with Crippen molar-refractivity contribution in [2.75, 3.05) is 0 Å². The van der Waals surface area contributed by atoms with Crippen molar-refractivity contribution in [2.24, 2.45) is 0 Å². The van der Waals surface area contributed by atoms with Crippen LogP contribution in [0, 0.1) is 0 Å². The zero-order chi connectivity index (χ0) is 16.1. The Morgan fingerprint density at radius 2 is 1.81 bits per heavy atom. The number of benzene rings is 1. The Morgan fingerprint density at radius 3 is 2.33 bits per heavy atom. The molecule has 0 radical (unpaired) electrons. The molecule has 0 unspecified atom stereocenters. The van der Waals surface area contributed by atoms with E-state index in [1.54, 1.807) is 30.3 Å². The summed E-state index contributed by atoms with van der Waals surface area (Å²) in [7, 11) is -5.79. The molecule has 0 saturated heterocycles. The first kappa shape index (κ1) is 17.0. The van der Waals surface area contributed by atoms with Gasteiger partial charge in [0.05, 0.1) is 6.08 Å². The SMILES string of the molecule is C/C(=C\C(=O)OCc1ccccc1)OS(=O)(=O)C(F)(F)F. The van der Waals surface area contributed by atoms with Crippen molar-refractivity contribution in [2.45, 2.75) is 19.0 Å². The third-order valence-corrected chi connectivity index (χ3v) is 3.12. The molecule has 0 aliphatic heterocycles. The van der Waals surface area contributed by atoms with E-state index in [1.165, 1.54) is 0 Å². The van der Waals surface area contributed by atoms with Crippen molar-refractivity contribution in [3.8, 4) is 0 Å². The van der Waals surface area contributed by atoms with Gasteiger partial charge in [-0.15, -0.1) is 0 Å². The fraction of sp³-hybridized carbons (Fsp3) is 0.250. The molecule has 1 aromatic carbocycles. The van der Waals surface area contributed by atoms with Gasteiger partial charge in [-0.25, -0.2) is 4.79 Å². The number of carbonyl (C=O) groups excluding carboxylic acids is 1.